The standard InChI is InChI=1S/C7H13NO2S/c1-7(2)5(6(9)10)8-3-4-11-7/h5,8H,3-4H2,1-2H3,(H,9,10)/p-1/t5-/m0/s1. The van der Waals surface area contributed by atoms with Crippen molar-refractivity contribution >= 4 is 17.7 Å². The van der Waals surface area contributed by atoms with Crippen LogP contribution in [0.1, 0.15) is 13.8 Å². The maximum Gasteiger partial charge on any atom is 0.0611 e. The molecule has 11 heavy (non-hydrogen) atoms. The van der Waals surface area contributed by atoms with E-state index >= 15 is 0 Å². The van der Waals surface area contributed by atoms with Crippen LogP contribution in [0.15, 0.2) is 0 Å². The van der Waals surface area contributed by atoms with Crippen molar-refractivity contribution in [2.24, 2.45) is 0 Å². The molecule has 0 spiro atoms. The maximum absolute atomic E-state index is 10.6. The predicted octanol–water partition coefficient (Wildman–Crippen LogP) is -0.780. The lowest BCUT2D eigenvalue weighted by molar-refractivity contribution is -0.309. The van der Waals surface area contributed by atoms with E-state index in [9.17, 15) is 9.90 Å². The van der Waals surface area contributed by atoms with Crippen LogP contribution >= 0.6 is 11.8 Å². The van der Waals surface area contributed by atoms with Gasteiger partial charge in [0.25, 0.3) is 0 Å². The highest BCUT2D eigenvalue weighted by atomic mass is 32.2. The number of hydrogen-bond donors (Lipinski definition) is 1. The average Bonchev–Trinajstić information content (AvgIpc) is 1.85. The molecule has 0 saturated carbocycles. The second-order valence-corrected chi connectivity index (χ2v) is 4.91. The van der Waals surface area contributed by atoms with Crippen molar-refractivity contribution in [3.8, 4) is 0 Å². The molecular formula is C7H12NO2S-. The van der Waals surface area contributed by atoms with Crippen LogP contribution in [0.5, 0.6) is 0 Å². The number of hydrogen-bond acceptors (Lipinski definition) is 4. The second kappa shape index (κ2) is 3.03. The van der Waals surface area contributed by atoms with Crippen LogP contribution < -0.4 is 10.4 Å². The first-order chi connectivity index (χ1) is 5.04. The van der Waals surface area contributed by atoms with Gasteiger partial charge in [-0.05, 0) is 13.8 Å². The molecule has 0 bridgehead atoms. The summed E-state index contributed by atoms with van der Waals surface area (Å²) in [6, 6.07) is -0.513. The van der Waals surface area contributed by atoms with E-state index in [2.05, 4.69) is 5.32 Å². The number of rotatable bonds is 1. The first-order valence-corrected chi connectivity index (χ1v) is 4.61. The van der Waals surface area contributed by atoms with E-state index < -0.39 is 12.0 Å². The van der Waals surface area contributed by atoms with Gasteiger partial charge in [-0.25, -0.2) is 0 Å². The highest BCUT2D eigenvalue weighted by Crippen LogP contribution is 2.30. The van der Waals surface area contributed by atoms with Crippen molar-refractivity contribution in [3.63, 3.8) is 0 Å². The summed E-state index contributed by atoms with van der Waals surface area (Å²) >= 11 is 1.67. The molecule has 0 aromatic heterocycles. The van der Waals surface area contributed by atoms with Crippen LogP contribution in [0, 0.1) is 0 Å². The third-order valence-corrected chi connectivity index (χ3v) is 3.24. The average molecular weight is 174 g/mol. The van der Waals surface area contributed by atoms with E-state index in [4.69, 9.17) is 0 Å². The summed E-state index contributed by atoms with van der Waals surface area (Å²) in [5, 5.41) is 13.5. The molecule has 0 aliphatic carbocycles. The topological polar surface area (TPSA) is 52.2 Å². The quantitative estimate of drug-likeness (QED) is 0.566. The molecule has 1 atom stereocenters. The molecule has 1 aliphatic rings. The van der Waals surface area contributed by atoms with Gasteiger partial charge in [0.05, 0.1) is 12.0 Å². The lowest BCUT2D eigenvalue weighted by Gasteiger charge is -2.39. The van der Waals surface area contributed by atoms with Crippen molar-refractivity contribution in [2.75, 3.05) is 12.3 Å². The molecule has 0 unspecified atom stereocenters. The lowest BCUT2D eigenvalue weighted by Crippen LogP contribution is -2.58. The fraction of sp³-hybridized carbons (Fsp3) is 0.857. The van der Waals surface area contributed by atoms with Crippen LogP contribution in [0.4, 0.5) is 0 Å². The van der Waals surface area contributed by atoms with Crippen LogP contribution in [0.3, 0.4) is 0 Å². The van der Waals surface area contributed by atoms with Gasteiger partial charge in [0.1, 0.15) is 0 Å². The summed E-state index contributed by atoms with van der Waals surface area (Å²) in [5.74, 6) is -0.0289. The summed E-state index contributed by atoms with van der Waals surface area (Å²) in [6.07, 6.45) is 0. The first-order valence-electron chi connectivity index (χ1n) is 3.62. The zero-order chi connectivity index (χ0) is 8.48. The van der Waals surface area contributed by atoms with E-state index in [1.807, 2.05) is 13.8 Å². The minimum Gasteiger partial charge on any atom is -0.548 e. The highest BCUT2D eigenvalue weighted by Gasteiger charge is 2.33. The molecule has 64 valence electrons. The summed E-state index contributed by atoms with van der Waals surface area (Å²) in [5.41, 5.74) is 0. The summed E-state index contributed by atoms with van der Waals surface area (Å²) in [6.45, 7) is 4.60. The normalized spacial score (nSPS) is 29.8. The first kappa shape index (κ1) is 8.87. The largest absolute Gasteiger partial charge is 0.548 e. The van der Waals surface area contributed by atoms with Gasteiger partial charge in [0, 0.05) is 17.0 Å². The Hall–Kier alpha value is -0.220. The van der Waals surface area contributed by atoms with E-state index in [0.29, 0.717) is 0 Å². The van der Waals surface area contributed by atoms with Crippen LogP contribution in [-0.2, 0) is 4.79 Å². The Kier molecular flexibility index (Phi) is 2.44. The maximum atomic E-state index is 10.6. The number of aliphatic carboxylic acids is 1. The third-order valence-electron chi connectivity index (χ3n) is 1.86. The molecule has 0 aromatic carbocycles. The molecule has 1 saturated heterocycles. The van der Waals surface area contributed by atoms with Gasteiger partial charge in [-0.15, -0.1) is 0 Å². The number of thioether (sulfide) groups is 1. The Labute approximate surface area is 70.6 Å². The summed E-state index contributed by atoms with van der Waals surface area (Å²) in [7, 11) is 0. The molecule has 0 amide bonds. The van der Waals surface area contributed by atoms with Gasteiger partial charge in [-0.3, -0.25) is 0 Å². The molecule has 1 aliphatic heterocycles. The Morgan fingerprint density at radius 1 is 1.73 bits per heavy atom. The van der Waals surface area contributed by atoms with Gasteiger partial charge >= 0.3 is 0 Å². The molecular weight excluding hydrogens is 162 g/mol. The number of carbonyl (C=O) groups excluding carboxylic acids is 1. The zero-order valence-electron chi connectivity index (χ0n) is 6.72. The van der Waals surface area contributed by atoms with E-state index in [1.165, 1.54) is 0 Å². The Morgan fingerprint density at radius 3 is 2.73 bits per heavy atom. The Bertz CT molecular complexity index is 170. The number of carboxylic acids is 1. The number of carboxylic acid groups (broad SMARTS) is 1. The Morgan fingerprint density at radius 2 is 2.36 bits per heavy atom. The van der Waals surface area contributed by atoms with Crippen LogP contribution in [0.2, 0.25) is 0 Å². The van der Waals surface area contributed by atoms with Gasteiger partial charge in [-0.2, -0.15) is 11.8 Å². The molecule has 1 rings (SSSR count). The van der Waals surface area contributed by atoms with Crippen molar-refractivity contribution in [1.29, 1.82) is 0 Å². The summed E-state index contributed by atoms with van der Waals surface area (Å²) < 4.78 is -0.239. The lowest BCUT2D eigenvalue weighted by atomic mass is 10.0. The molecule has 1 N–H and O–H groups in total. The highest BCUT2D eigenvalue weighted by molar-refractivity contribution is 8.00. The van der Waals surface area contributed by atoms with E-state index in [1.54, 1.807) is 11.8 Å². The van der Waals surface area contributed by atoms with E-state index in [-0.39, 0.29) is 4.75 Å². The number of carbonyl (C=O) groups is 1. The van der Waals surface area contributed by atoms with Crippen molar-refractivity contribution in [3.05, 3.63) is 0 Å². The van der Waals surface area contributed by atoms with Crippen molar-refractivity contribution < 1.29 is 9.90 Å². The summed E-state index contributed by atoms with van der Waals surface area (Å²) in [4.78, 5) is 10.6. The van der Waals surface area contributed by atoms with Crippen LogP contribution in [0.25, 0.3) is 0 Å². The number of nitrogens with one attached hydrogen (secondary N) is 1. The van der Waals surface area contributed by atoms with Crippen LogP contribution in [-0.4, -0.2) is 29.1 Å². The van der Waals surface area contributed by atoms with Gasteiger partial charge in [-0.1, -0.05) is 0 Å². The van der Waals surface area contributed by atoms with Gasteiger partial charge in [0.15, 0.2) is 0 Å². The van der Waals surface area contributed by atoms with Crippen molar-refractivity contribution in [2.45, 2.75) is 24.6 Å². The molecule has 0 aromatic rings. The second-order valence-electron chi connectivity index (χ2n) is 3.16. The van der Waals surface area contributed by atoms with E-state index in [0.717, 1.165) is 12.3 Å². The fourth-order valence-electron chi connectivity index (χ4n) is 1.21. The smallest absolute Gasteiger partial charge is 0.0611 e. The van der Waals surface area contributed by atoms with Gasteiger partial charge in [0.2, 0.25) is 0 Å². The third kappa shape index (κ3) is 1.87. The molecule has 3 nitrogen and oxygen atoms in total. The van der Waals surface area contributed by atoms with Crippen molar-refractivity contribution in [1.82, 2.24) is 5.32 Å². The predicted molar refractivity (Wildman–Crippen MR) is 43.3 cm³/mol. The SMILES string of the molecule is CC1(C)SCCN[C@H]1C(=O)[O-]. The van der Waals surface area contributed by atoms with Gasteiger partial charge < -0.3 is 15.2 Å². The molecule has 1 heterocycles. The Balaban J connectivity index is 2.67. The zero-order valence-corrected chi connectivity index (χ0v) is 7.53. The fourth-order valence-corrected chi connectivity index (χ4v) is 2.31. The molecule has 0 radical (unpaired) electrons. The molecule has 1 fully saturated rings. The minimum atomic E-state index is -0.998. The minimum absolute atomic E-state index is 0.239. The molecule has 4 heteroatoms. The monoisotopic (exact) mass is 174 g/mol.